The Hall–Kier alpha value is -1.22. The summed E-state index contributed by atoms with van der Waals surface area (Å²) in [5.74, 6) is -0.122. The van der Waals surface area contributed by atoms with Crippen molar-refractivity contribution in [3.8, 4) is 0 Å². The number of fused-ring (bicyclic) bond motifs is 1. The minimum Gasteiger partial charge on any atom is -0.392 e. The zero-order valence-electron chi connectivity index (χ0n) is 20.7. The van der Waals surface area contributed by atoms with E-state index in [1.165, 1.54) is 19.4 Å². The molecule has 1 amide bonds. The number of allylic oxidation sites excluding steroid dienone is 2. The quantitative estimate of drug-likeness (QED) is 0.288. The van der Waals surface area contributed by atoms with Gasteiger partial charge in [-0.25, -0.2) is 8.42 Å². The van der Waals surface area contributed by atoms with Gasteiger partial charge in [-0.05, 0) is 65.2 Å². The van der Waals surface area contributed by atoms with Gasteiger partial charge < -0.3 is 14.9 Å². The van der Waals surface area contributed by atoms with Gasteiger partial charge in [0.05, 0.1) is 29.7 Å². The van der Waals surface area contributed by atoms with Crippen molar-refractivity contribution in [2.24, 2.45) is 17.8 Å². The van der Waals surface area contributed by atoms with Gasteiger partial charge in [0.25, 0.3) is 0 Å². The van der Waals surface area contributed by atoms with Gasteiger partial charge in [-0.2, -0.15) is 0 Å². The Morgan fingerprint density at radius 3 is 2.52 bits per heavy atom. The molecule has 7 nitrogen and oxygen atoms in total. The van der Waals surface area contributed by atoms with Crippen LogP contribution >= 0.6 is 0 Å². The molecule has 1 heterocycles. The average Bonchev–Trinajstić information content (AvgIpc) is 3.23. The number of ether oxygens (including phenoxy) is 1. The van der Waals surface area contributed by atoms with Gasteiger partial charge in [-0.15, -0.1) is 0 Å². The second-order valence-corrected chi connectivity index (χ2v) is 12.5. The molecule has 0 aromatic carbocycles. The van der Waals surface area contributed by atoms with E-state index in [1.807, 2.05) is 32.9 Å². The van der Waals surface area contributed by atoms with Gasteiger partial charge >= 0.3 is 0 Å². The van der Waals surface area contributed by atoms with Crippen LogP contribution in [-0.4, -0.2) is 54.2 Å². The summed E-state index contributed by atoms with van der Waals surface area (Å²) in [6, 6.07) is 0. The van der Waals surface area contributed by atoms with Crippen LogP contribution in [0.2, 0.25) is 0 Å². The second kappa shape index (κ2) is 12.5. The second-order valence-electron chi connectivity index (χ2n) is 10.3. The molecule has 2 fully saturated rings. The summed E-state index contributed by atoms with van der Waals surface area (Å²) < 4.78 is 31.8. The Morgan fingerprint density at radius 1 is 1.18 bits per heavy atom. The Balaban J connectivity index is 1.77. The first kappa shape index (κ1) is 28.0. The number of aliphatic hydroxyl groups excluding tert-OH is 2. The normalized spacial score (nSPS) is 29.3. The zero-order chi connectivity index (χ0) is 24.8. The number of sulfonamides is 1. The van der Waals surface area contributed by atoms with Crippen LogP contribution in [0, 0.1) is 17.8 Å². The van der Waals surface area contributed by atoms with Gasteiger partial charge in [0.15, 0.2) is 0 Å². The van der Waals surface area contributed by atoms with Crippen molar-refractivity contribution in [3.63, 3.8) is 0 Å². The molecule has 190 valence electrons. The van der Waals surface area contributed by atoms with E-state index in [0.717, 1.165) is 25.7 Å². The highest BCUT2D eigenvalue weighted by Gasteiger charge is 2.47. The Kier molecular flexibility index (Phi) is 10.6. The third-order valence-electron chi connectivity index (χ3n) is 6.86. The summed E-state index contributed by atoms with van der Waals surface area (Å²) in [6.45, 7) is 9.19. The Labute approximate surface area is 199 Å². The van der Waals surface area contributed by atoms with Crippen LogP contribution in [0.5, 0.6) is 0 Å². The van der Waals surface area contributed by atoms with Crippen LogP contribution in [0.15, 0.2) is 23.8 Å². The number of rotatable bonds is 12. The van der Waals surface area contributed by atoms with Crippen LogP contribution in [0.1, 0.15) is 79.6 Å². The number of hydrogen-bond donors (Lipinski definition) is 3. The van der Waals surface area contributed by atoms with Crippen molar-refractivity contribution in [1.82, 2.24) is 4.72 Å². The highest BCUT2D eigenvalue weighted by molar-refractivity contribution is 7.90. The molecule has 0 spiro atoms. The molecule has 33 heavy (non-hydrogen) atoms. The maximum atomic E-state index is 11.9. The van der Waals surface area contributed by atoms with Crippen molar-refractivity contribution < 1.29 is 28.2 Å². The predicted octanol–water partition coefficient (Wildman–Crippen LogP) is 3.47. The third-order valence-corrected chi connectivity index (χ3v) is 8.61. The number of unbranched alkanes of at least 4 members (excludes halogenated alkanes) is 1. The first-order valence-corrected chi connectivity index (χ1v) is 13.8. The molecule has 2 aliphatic rings. The van der Waals surface area contributed by atoms with Crippen LogP contribution in [0.25, 0.3) is 0 Å². The van der Waals surface area contributed by atoms with E-state index in [1.54, 1.807) is 0 Å². The zero-order valence-corrected chi connectivity index (χ0v) is 21.6. The lowest BCUT2D eigenvalue weighted by Gasteiger charge is -2.19. The summed E-state index contributed by atoms with van der Waals surface area (Å²) in [7, 11) is -3.57. The van der Waals surface area contributed by atoms with E-state index < -0.39 is 33.4 Å². The third kappa shape index (κ3) is 8.50. The smallest absolute Gasteiger partial charge is 0.237 e. The molecule has 3 N–H and O–H groups in total. The molecule has 1 unspecified atom stereocenters. The van der Waals surface area contributed by atoms with Gasteiger partial charge in [0.2, 0.25) is 15.9 Å². The fourth-order valence-corrected chi connectivity index (χ4v) is 5.26. The summed E-state index contributed by atoms with van der Waals surface area (Å²) in [5.41, 5.74) is 1.24. The van der Waals surface area contributed by atoms with Crippen LogP contribution in [-0.2, 0) is 19.6 Å². The Morgan fingerprint density at radius 2 is 1.88 bits per heavy atom. The summed E-state index contributed by atoms with van der Waals surface area (Å²) >= 11 is 0. The number of carbonyl (C=O) groups is 1. The molecule has 7 atom stereocenters. The van der Waals surface area contributed by atoms with Crippen molar-refractivity contribution in [2.45, 2.75) is 109 Å². The van der Waals surface area contributed by atoms with Gasteiger partial charge in [0, 0.05) is 18.8 Å². The molecule has 1 aliphatic heterocycles. The summed E-state index contributed by atoms with van der Waals surface area (Å²) in [6.07, 6.45) is 9.71. The first-order valence-electron chi connectivity index (χ1n) is 12.3. The number of amides is 1. The largest absolute Gasteiger partial charge is 0.392 e. The van der Waals surface area contributed by atoms with Gasteiger partial charge in [0.1, 0.15) is 0 Å². The van der Waals surface area contributed by atoms with Crippen LogP contribution in [0.3, 0.4) is 0 Å². The predicted molar refractivity (Wildman–Crippen MR) is 130 cm³/mol. The average molecular weight is 486 g/mol. The maximum absolute atomic E-state index is 11.9. The topological polar surface area (TPSA) is 113 Å². The highest BCUT2D eigenvalue weighted by Crippen LogP contribution is 2.45. The lowest BCUT2D eigenvalue weighted by Crippen LogP contribution is -2.35. The number of aliphatic hydroxyl groups is 2. The lowest BCUT2D eigenvalue weighted by molar-refractivity contribution is -0.119. The fourth-order valence-electron chi connectivity index (χ4n) is 4.61. The SMILES string of the molecule is CC(C)=CCC(C)[C@H](O)/C=C/[C@@H]1[C@H]2C[C@@H](CCCCC(=O)NS(=O)(=O)C(C)C)O[C@H]2C[C@H]1O. The van der Waals surface area contributed by atoms with E-state index in [-0.39, 0.29) is 36.4 Å². The molecule has 2 rings (SSSR count). The fraction of sp³-hybridized carbons (Fsp3) is 0.800. The van der Waals surface area contributed by atoms with E-state index in [9.17, 15) is 23.4 Å². The van der Waals surface area contributed by atoms with Crippen molar-refractivity contribution in [2.75, 3.05) is 0 Å². The van der Waals surface area contributed by atoms with E-state index in [2.05, 4.69) is 10.8 Å². The molecule has 0 aromatic heterocycles. The van der Waals surface area contributed by atoms with E-state index in [4.69, 9.17) is 4.74 Å². The Bertz CT molecular complexity index is 802. The monoisotopic (exact) mass is 485 g/mol. The van der Waals surface area contributed by atoms with Crippen LogP contribution < -0.4 is 4.72 Å². The first-order chi connectivity index (χ1) is 15.4. The van der Waals surface area contributed by atoms with Crippen LogP contribution in [0.4, 0.5) is 0 Å². The van der Waals surface area contributed by atoms with E-state index in [0.29, 0.717) is 12.8 Å². The molecule has 0 aromatic rings. The molecule has 1 saturated heterocycles. The molecule has 1 aliphatic carbocycles. The maximum Gasteiger partial charge on any atom is 0.237 e. The van der Waals surface area contributed by atoms with E-state index >= 15 is 0 Å². The standard InChI is InChI=1S/C25H43NO6S/c1-16(2)10-11-18(5)22(27)13-12-20-21-14-19(32-24(21)15-23(20)28)8-6-7-9-25(29)26-33(30,31)17(3)4/h10,12-13,17-24,27-28H,6-9,11,14-15H2,1-5H3,(H,26,29)/b13-12+/t18?,19-,20-,21-,22-,23-,24+/m1/s1. The molecular weight excluding hydrogens is 442 g/mol. The highest BCUT2D eigenvalue weighted by atomic mass is 32.2. The molecule has 8 heteroatoms. The molecule has 0 radical (unpaired) electrons. The molecule has 0 bridgehead atoms. The lowest BCUT2D eigenvalue weighted by atomic mass is 9.88. The minimum atomic E-state index is -3.57. The molecular formula is C25H43NO6S. The molecule has 1 saturated carbocycles. The minimum absolute atomic E-state index is 0.0164. The van der Waals surface area contributed by atoms with Crippen molar-refractivity contribution >= 4 is 15.9 Å². The van der Waals surface area contributed by atoms with Gasteiger partial charge in [-0.3, -0.25) is 9.52 Å². The number of hydrogen-bond acceptors (Lipinski definition) is 6. The summed E-state index contributed by atoms with van der Waals surface area (Å²) in [4.78, 5) is 11.9. The van der Waals surface area contributed by atoms with Crippen molar-refractivity contribution in [3.05, 3.63) is 23.8 Å². The van der Waals surface area contributed by atoms with Crippen molar-refractivity contribution in [1.29, 1.82) is 0 Å². The summed E-state index contributed by atoms with van der Waals surface area (Å²) in [5, 5.41) is 20.3. The number of nitrogens with one attached hydrogen (secondary N) is 1. The van der Waals surface area contributed by atoms with Gasteiger partial charge in [-0.1, -0.05) is 37.1 Å². The number of carbonyl (C=O) groups excluding carboxylic acids is 1.